The zero-order chi connectivity index (χ0) is 27.4. The van der Waals surface area contributed by atoms with E-state index in [0.29, 0.717) is 31.2 Å². The van der Waals surface area contributed by atoms with Crippen LogP contribution in [-0.2, 0) is 25.7 Å². The predicted octanol–water partition coefficient (Wildman–Crippen LogP) is 4.74. The van der Waals surface area contributed by atoms with Gasteiger partial charge in [-0.05, 0) is 44.2 Å². The van der Waals surface area contributed by atoms with Crippen LogP contribution in [0.1, 0.15) is 52.0 Å². The van der Waals surface area contributed by atoms with E-state index < -0.39 is 10.8 Å². The second-order valence-corrected chi connectivity index (χ2v) is 13.6. The van der Waals surface area contributed by atoms with Crippen LogP contribution >= 0.6 is 33.3 Å². The molecule has 1 aromatic rings. The van der Waals surface area contributed by atoms with E-state index in [0.717, 1.165) is 18.4 Å². The van der Waals surface area contributed by atoms with Crippen LogP contribution in [-0.4, -0.2) is 76.7 Å². The number of rotatable bonds is 15. The standard InChI is InChI=1S/C26H38N2O6S3/c1-6-7-12-28(25(32)34-19-10-8-18(9-11-19)17-33-4)13-14-36-37-26(2,3)16-22(30)27-23-20(29)15-21(35-5)24(23)31/h8-11,21,23H,6-7,12-17H2,1-5H3,(H,27,30). The number of benzene rings is 1. The lowest BCUT2D eigenvalue weighted by Gasteiger charge is -2.25. The number of Topliss-reactive ketones (excluding diaryl/α,β-unsaturated/α-hetero) is 2. The van der Waals surface area contributed by atoms with Crippen LogP contribution in [0.2, 0.25) is 0 Å². The van der Waals surface area contributed by atoms with Crippen molar-refractivity contribution in [2.45, 2.75) is 69.1 Å². The van der Waals surface area contributed by atoms with Crippen LogP contribution in [0.25, 0.3) is 0 Å². The Bertz CT molecular complexity index is 925. The number of thioether (sulfide) groups is 1. The van der Waals surface area contributed by atoms with Gasteiger partial charge in [0.1, 0.15) is 11.8 Å². The number of methoxy groups -OCH3 is 1. The molecule has 1 fully saturated rings. The molecule has 0 heterocycles. The molecule has 1 saturated carbocycles. The summed E-state index contributed by atoms with van der Waals surface area (Å²) in [5, 5.41) is 2.26. The average molecular weight is 571 g/mol. The molecule has 206 valence electrons. The fourth-order valence-corrected chi connectivity index (χ4v) is 6.90. The van der Waals surface area contributed by atoms with Gasteiger partial charge in [0.2, 0.25) is 5.91 Å². The summed E-state index contributed by atoms with van der Waals surface area (Å²) in [5.74, 6) is 0.411. The number of nitrogens with one attached hydrogen (secondary N) is 1. The summed E-state index contributed by atoms with van der Waals surface area (Å²) < 4.78 is 10.3. The van der Waals surface area contributed by atoms with Gasteiger partial charge in [0.25, 0.3) is 0 Å². The van der Waals surface area contributed by atoms with E-state index in [-0.39, 0.29) is 41.7 Å². The summed E-state index contributed by atoms with van der Waals surface area (Å²) in [6.45, 7) is 7.59. The molecule has 2 atom stereocenters. The minimum atomic E-state index is -1.02. The lowest BCUT2D eigenvalue weighted by atomic mass is 10.1. The van der Waals surface area contributed by atoms with Gasteiger partial charge in [-0.25, -0.2) is 4.79 Å². The summed E-state index contributed by atoms with van der Waals surface area (Å²) in [6, 6.07) is 6.24. The van der Waals surface area contributed by atoms with Crippen molar-refractivity contribution >= 4 is 56.9 Å². The minimum absolute atomic E-state index is 0.173. The third kappa shape index (κ3) is 10.5. The highest BCUT2D eigenvalue weighted by Gasteiger charge is 2.42. The molecule has 0 spiro atoms. The van der Waals surface area contributed by atoms with Gasteiger partial charge in [0.15, 0.2) is 11.6 Å². The third-order valence-corrected chi connectivity index (χ3v) is 9.93. The van der Waals surface area contributed by atoms with Gasteiger partial charge in [-0.15, -0.1) is 0 Å². The normalized spacial score (nSPS) is 17.6. The average Bonchev–Trinajstić information content (AvgIpc) is 3.12. The molecule has 0 aromatic heterocycles. The van der Waals surface area contributed by atoms with E-state index in [1.807, 2.05) is 26.0 Å². The Kier molecular flexibility index (Phi) is 13.3. The molecule has 11 heteroatoms. The first kappa shape index (κ1) is 31.5. The number of unbranched alkanes of at least 4 members (excludes halogenated alkanes) is 1. The number of carbonyl (C=O) groups is 4. The zero-order valence-corrected chi connectivity index (χ0v) is 24.7. The molecule has 1 aliphatic rings. The first-order chi connectivity index (χ1) is 17.6. The van der Waals surface area contributed by atoms with Crippen LogP contribution < -0.4 is 10.1 Å². The molecule has 0 bridgehead atoms. The fourth-order valence-electron chi connectivity index (χ4n) is 3.70. The van der Waals surface area contributed by atoms with Crippen LogP contribution in [0.15, 0.2) is 24.3 Å². The van der Waals surface area contributed by atoms with E-state index in [1.165, 1.54) is 11.8 Å². The third-order valence-electron chi connectivity index (χ3n) is 5.69. The van der Waals surface area contributed by atoms with Crippen molar-refractivity contribution in [3.05, 3.63) is 29.8 Å². The van der Waals surface area contributed by atoms with Crippen molar-refractivity contribution in [2.24, 2.45) is 0 Å². The SMILES string of the molecule is CCCCN(CCSSC(C)(C)CC(=O)NC1C(=O)CC(SC)C1=O)C(=O)Oc1ccc(COC)cc1. The highest BCUT2D eigenvalue weighted by molar-refractivity contribution is 8.77. The molecule has 8 nitrogen and oxygen atoms in total. The molecule has 0 aliphatic heterocycles. The summed E-state index contributed by atoms with van der Waals surface area (Å²) in [5.41, 5.74) is 1.00. The maximum atomic E-state index is 12.8. The van der Waals surface area contributed by atoms with Gasteiger partial charge < -0.3 is 19.7 Å². The number of hydrogen-bond donors (Lipinski definition) is 1. The number of amides is 2. The van der Waals surface area contributed by atoms with Crippen LogP contribution in [0, 0.1) is 0 Å². The Labute approximate surface area is 232 Å². The topological polar surface area (TPSA) is 102 Å². The maximum absolute atomic E-state index is 12.8. The zero-order valence-electron chi connectivity index (χ0n) is 22.2. The molecule has 0 saturated heterocycles. The Morgan fingerprint density at radius 3 is 2.46 bits per heavy atom. The Morgan fingerprint density at radius 1 is 1.16 bits per heavy atom. The Hall–Kier alpha value is -1.69. The van der Waals surface area contributed by atoms with E-state index in [1.54, 1.807) is 52.0 Å². The number of carbonyl (C=O) groups excluding carboxylic acids is 4. The molecule has 37 heavy (non-hydrogen) atoms. The van der Waals surface area contributed by atoms with E-state index in [2.05, 4.69) is 12.2 Å². The molecule has 1 aliphatic carbocycles. The Morgan fingerprint density at radius 2 is 1.86 bits per heavy atom. The summed E-state index contributed by atoms with van der Waals surface area (Å²) in [7, 11) is 4.76. The highest BCUT2D eigenvalue weighted by Crippen LogP contribution is 2.38. The van der Waals surface area contributed by atoms with Gasteiger partial charge >= 0.3 is 6.09 Å². The molecule has 2 unspecified atom stereocenters. The van der Waals surface area contributed by atoms with Gasteiger partial charge in [-0.3, -0.25) is 14.4 Å². The smallest absolute Gasteiger partial charge is 0.410 e. The van der Waals surface area contributed by atoms with Crippen LogP contribution in [0.3, 0.4) is 0 Å². The summed E-state index contributed by atoms with van der Waals surface area (Å²) >= 11 is 1.34. The molecule has 1 aromatic carbocycles. The van der Waals surface area contributed by atoms with E-state index >= 15 is 0 Å². The first-order valence-corrected chi connectivity index (χ1v) is 15.9. The van der Waals surface area contributed by atoms with Gasteiger partial charge in [-0.1, -0.05) is 47.1 Å². The second-order valence-electron chi connectivity index (χ2n) is 9.42. The van der Waals surface area contributed by atoms with E-state index in [4.69, 9.17) is 9.47 Å². The van der Waals surface area contributed by atoms with Crippen LogP contribution in [0.5, 0.6) is 5.75 Å². The van der Waals surface area contributed by atoms with Crippen molar-refractivity contribution in [2.75, 3.05) is 32.2 Å². The van der Waals surface area contributed by atoms with Crippen LogP contribution in [0.4, 0.5) is 4.79 Å². The second kappa shape index (κ2) is 15.7. The largest absolute Gasteiger partial charge is 0.415 e. The predicted molar refractivity (Wildman–Crippen MR) is 152 cm³/mol. The molecule has 2 rings (SSSR count). The number of ketones is 2. The van der Waals surface area contributed by atoms with Crippen molar-refractivity contribution in [3.63, 3.8) is 0 Å². The molecular formula is C26H38N2O6S3. The summed E-state index contributed by atoms with van der Waals surface area (Å²) in [6.07, 6.45) is 3.60. The molecule has 2 amide bonds. The van der Waals surface area contributed by atoms with Gasteiger partial charge in [0, 0.05) is 43.5 Å². The molecule has 1 N–H and O–H groups in total. The number of ether oxygens (including phenoxy) is 2. The fraction of sp³-hybridized carbons (Fsp3) is 0.615. The summed E-state index contributed by atoms with van der Waals surface area (Å²) in [4.78, 5) is 51.5. The minimum Gasteiger partial charge on any atom is -0.410 e. The van der Waals surface area contributed by atoms with Crippen molar-refractivity contribution in [3.8, 4) is 5.75 Å². The van der Waals surface area contributed by atoms with Gasteiger partial charge in [0.05, 0.1) is 11.9 Å². The number of hydrogen-bond acceptors (Lipinski definition) is 9. The van der Waals surface area contributed by atoms with Gasteiger partial charge in [-0.2, -0.15) is 11.8 Å². The lowest BCUT2D eigenvalue weighted by Crippen LogP contribution is -2.44. The molecule has 0 radical (unpaired) electrons. The van der Waals surface area contributed by atoms with Crippen molar-refractivity contribution in [1.29, 1.82) is 0 Å². The lowest BCUT2D eigenvalue weighted by molar-refractivity contribution is -0.131. The highest BCUT2D eigenvalue weighted by atomic mass is 33.1. The monoisotopic (exact) mass is 570 g/mol. The van der Waals surface area contributed by atoms with E-state index in [9.17, 15) is 19.2 Å². The molecular weight excluding hydrogens is 532 g/mol. The Balaban J connectivity index is 1.80. The first-order valence-electron chi connectivity index (χ1n) is 12.3. The maximum Gasteiger partial charge on any atom is 0.415 e. The number of nitrogens with zero attached hydrogens (tertiary/aromatic N) is 1. The van der Waals surface area contributed by atoms with Crippen molar-refractivity contribution in [1.82, 2.24) is 10.2 Å². The quantitative estimate of drug-likeness (QED) is 0.182. The van der Waals surface area contributed by atoms with Crippen molar-refractivity contribution < 1.29 is 28.7 Å².